The predicted molar refractivity (Wildman–Crippen MR) is 78.4 cm³/mol. The van der Waals surface area contributed by atoms with Gasteiger partial charge in [-0.1, -0.05) is 42.5 Å². The monoisotopic (exact) mass is 237 g/mol. The number of nitrogens with zero attached hydrogens (tertiary/aromatic N) is 1. The summed E-state index contributed by atoms with van der Waals surface area (Å²) in [5.74, 6) is 0. The summed E-state index contributed by atoms with van der Waals surface area (Å²) in [5, 5.41) is 0. The van der Waals surface area contributed by atoms with Crippen molar-refractivity contribution in [3.05, 3.63) is 70.3 Å². The van der Waals surface area contributed by atoms with Crippen molar-refractivity contribution < 1.29 is 0 Å². The lowest BCUT2D eigenvalue weighted by molar-refractivity contribution is 1.08. The maximum atomic E-state index is 4.50. The molecule has 0 radical (unpaired) electrons. The minimum absolute atomic E-state index is 0.743. The molecule has 0 bridgehead atoms. The van der Waals surface area contributed by atoms with Crippen LogP contribution in [0.25, 0.3) is 0 Å². The van der Waals surface area contributed by atoms with Crippen LogP contribution in [0, 0.1) is 20.8 Å². The van der Waals surface area contributed by atoms with Crippen molar-refractivity contribution >= 4 is 6.21 Å². The largest absolute Gasteiger partial charge is 0.288 e. The van der Waals surface area contributed by atoms with Gasteiger partial charge in [-0.05, 0) is 48.6 Å². The highest BCUT2D eigenvalue weighted by Gasteiger charge is 1.98. The van der Waals surface area contributed by atoms with E-state index in [1.165, 1.54) is 27.8 Å². The van der Waals surface area contributed by atoms with E-state index in [2.05, 4.69) is 50.0 Å². The Hall–Kier alpha value is -1.89. The summed E-state index contributed by atoms with van der Waals surface area (Å²) in [6.07, 6.45) is 1.96. The normalized spacial score (nSPS) is 11.1. The zero-order valence-corrected chi connectivity index (χ0v) is 11.3. The molecule has 2 aromatic rings. The van der Waals surface area contributed by atoms with Crippen LogP contribution in [0.5, 0.6) is 0 Å². The van der Waals surface area contributed by atoms with Crippen LogP contribution in [-0.2, 0) is 6.54 Å². The van der Waals surface area contributed by atoms with Crippen molar-refractivity contribution in [1.29, 1.82) is 0 Å². The quantitative estimate of drug-likeness (QED) is 0.708. The van der Waals surface area contributed by atoms with E-state index in [1.54, 1.807) is 0 Å². The van der Waals surface area contributed by atoms with E-state index < -0.39 is 0 Å². The van der Waals surface area contributed by atoms with Crippen molar-refractivity contribution in [2.24, 2.45) is 4.99 Å². The summed E-state index contributed by atoms with van der Waals surface area (Å²) in [7, 11) is 0. The van der Waals surface area contributed by atoms with E-state index in [0.29, 0.717) is 0 Å². The second-order valence-electron chi connectivity index (χ2n) is 4.74. The Balaban J connectivity index is 2.10. The Labute approximate surface area is 109 Å². The van der Waals surface area contributed by atoms with E-state index >= 15 is 0 Å². The fraction of sp³-hybridized carbons (Fsp3) is 0.235. The summed E-state index contributed by atoms with van der Waals surface area (Å²) in [6.45, 7) is 7.20. The Bertz CT molecular complexity index is 530. The molecule has 0 amide bonds. The highest BCUT2D eigenvalue weighted by atomic mass is 14.7. The Kier molecular flexibility index (Phi) is 3.93. The van der Waals surface area contributed by atoms with Gasteiger partial charge in [0.1, 0.15) is 0 Å². The number of aliphatic imine (C=N–C) groups is 1. The molecular formula is C17H19N. The molecule has 2 rings (SSSR count). The van der Waals surface area contributed by atoms with Crippen molar-refractivity contribution in [2.75, 3.05) is 0 Å². The second kappa shape index (κ2) is 5.63. The Morgan fingerprint density at radius 3 is 2.17 bits per heavy atom. The van der Waals surface area contributed by atoms with Crippen LogP contribution in [0.3, 0.4) is 0 Å². The molecule has 0 spiro atoms. The molecule has 0 aromatic heterocycles. The van der Waals surface area contributed by atoms with E-state index in [0.717, 1.165) is 6.54 Å². The van der Waals surface area contributed by atoms with E-state index in [1.807, 2.05) is 24.4 Å². The molecular weight excluding hydrogens is 218 g/mol. The average molecular weight is 237 g/mol. The first-order chi connectivity index (χ1) is 8.66. The molecule has 18 heavy (non-hydrogen) atoms. The zero-order valence-electron chi connectivity index (χ0n) is 11.3. The van der Waals surface area contributed by atoms with Gasteiger partial charge in [-0.25, -0.2) is 0 Å². The summed E-state index contributed by atoms with van der Waals surface area (Å²) in [4.78, 5) is 4.50. The topological polar surface area (TPSA) is 12.4 Å². The smallest absolute Gasteiger partial charge is 0.0639 e. The van der Waals surface area contributed by atoms with Gasteiger partial charge >= 0.3 is 0 Å². The first kappa shape index (κ1) is 12.6. The summed E-state index contributed by atoms with van der Waals surface area (Å²) < 4.78 is 0. The van der Waals surface area contributed by atoms with Gasteiger partial charge in [0.15, 0.2) is 0 Å². The van der Waals surface area contributed by atoms with Gasteiger partial charge in [-0.3, -0.25) is 4.99 Å². The fourth-order valence-corrected chi connectivity index (χ4v) is 1.98. The standard InChI is InChI=1S/C17H19N/c1-13-9-17(10-14(2)15(13)3)12-18-11-16-7-5-4-6-8-16/h4-10,12H,11H2,1-3H3. The van der Waals surface area contributed by atoms with Crippen LogP contribution in [0.15, 0.2) is 47.5 Å². The molecule has 0 aliphatic carbocycles. The minimum atomic E-state index is 0.743. The van der Waals surface area contributed by atoms with E-state index in [9.17, 15) is 0 Å². The first-order valence-corrected chi connectivity index (χ1v) is 6.28. The maximum Gasteiger partial charge on any atom is 0.0639 e. The van der Waals surface area contributed by atoms with Crippen LogP contribution in [-0.4, -0.2) is 6.21 Å². The molecule has 0 unspecified atom stereocenters. The molecule has 0 aliphatic rings. The summed E-state index contributed by atoms with van der Waals surface area (Å²) in [6, 6.07) is 14.7. The number of hydrogen-bond acceptors (Lipinski definition) is 1. The summed E-state index contributed by atoms with van der Waals surface area (Å²) >= 11 is 0. The molecule has 0 atom stereocenters. The molecule has 0 N–H and O–H groups in total. The Morgan fingerprint density at radius 2 is 1.56 bits per heavy atom. The van der Waals surface area contributed by atoms with Crippen molar-refractivity contribution in [3.63, 3.8) is 0 Å². The van der Waals surface area contributed by atoms with Crippen LogP contribution < -0.4 is 0 Å². The summed E-state index contributed by atoms with van der Waals surface area (Å²) in [5.41, 5.74) is 6.46. The van der Waals surface area contributed by atoms with Crippen LogP contribution >= 0.6 is 0 Å². The van der Waals surface area contributed by atoms with Gasteiger partial charge in [0.05, 0.1) is 6.54 Å². The zero-order chi connectivity index (χ0) is 13.0. The van der Waals surface area contributed by atoms with Crippen LogP contribution in [0.4, 0.5) is 0 Å². The van der Waals surface area contributed by atoms with Gasteiger partial charge in [0, 0.05) is 6.21 Å². The molecule has 0 heterocycles. The molecule has 0 fully saturated rings. The first-order valence-electron chi connectivity index (χ1n) is 6.28. The van der Waals surface area contributed by atoms with Gasteiger partial charge in [0.25, 0.3) is 0 Å². The minimum Gasteiger partial charge on any atom is -0.288 e. The highest BCUT2D eigenvalue weighted by molar-refractivity contribution is 5.80. The molecule has 1 nitrogen and oxygen atoms in total. The molecule has 2 aromatic carbocycles. The number of hydrogen-bond donors (Lipinski definition) is 0. The van der Waals surface area contributed by atoms with Gasteiger partial charge in [0.2, 0.25) is 0 Å². The lowest BCUT2D eigenvalue weighted by Crippen LogP contribution is -1.91. The molecule has 0 saturated carbocycles. The maximum absolute atomic E-state index is 4.50. The third-order valence-electron chi connectivity index (χ3n) is 3.31. The van der Waals surface area contributed by atoms with Gasteiger partial charge in [-0.15, -0.1) is 0 Å². The van der Waals surface area contributed by atoms with Crippen molar-refractivity contribution in [1.82, 2.24) is 0 Å². The SMILES string of the molecule is Cc1cc(C=NCc2ccccc2)cc(C)c1C. The lowest BCUT2D eigenvalue weighted by atomic mass is 10.0. The molecule has 1 heteroatoms. The fourth-order valence-electron chi connectivity index (χ4n) is 1.98. The lowest BCUT2D eigenvalue weighted by Gasteiger charge is -2.05. The highest BCUT2D eigenvalue weighted by Crippen LogP contribution is 2.14. The average Bonchev–Trinajstić information content (AvgIpc) is 2.37. The number of rotatable bonds is 3. The van der Waals surface area contributed by atoms with E-state index in [-0.39, 0.29) is 0 Å². The van der Waals surface area contributed by atoms with Crippen molar-refractivity contribution in [2.45, 2.75) is 27.3 Å². The number of aryl methyl sites for hydroxylation is 2. The third kappa shape index (κ3) is 3.07. The predicted octanol–water partition coefficient (Wildman–Crippen LogP) is 4.23. The second-order valence-corrected chi connectivity index (χ2v) is 4.74. The van der Waals surface area contributed by atoms with E-state index in [4.69, 9.17) is 0 Å². The van der Waals surface area contributed by atoms with Gasteiger partial charge < -0.3 is 0 Å². The molecule has 0 saturated heterocycles. The Morgan fingerprint density at radius 1 is 0.944 bits per heavy atom. The molecule has 0 aliphatic heterocycles. The number of benzene rings is 2. The van der Waals surface area contributed by atoms with Crippen LogP contribution in [0.2, 0.25) is 0 Å². The van der Waals surface area contributed by atoms with Gasteiger partial charge in [-0.2, -0.15) is 0 Å². The van der Waals surface area contributed by atoms with Crippen LogP contribution in [0.1, 0.15) is 27.8 Å². The third-order valence-corrected chi connectivity index (χ3v) is 3.31. The van der Waals surface area contributed by atoms with Crippen molar-refractivity contribution in [3.8, 4) is 0 Å². The molecule has 92 valence electrons.